The zero-order valence-electron chi connectivity index (χ0n) is 11.9. The molecule has 4 nitrogen and oxygen atoms in total. The lowest BCUT2D eigenvalue weighted by atomic mass is 10.1. The van der Waals surface area contributed by atoms with Gasteiger partial charge in [-0.2, -0.15) is 21.4 Å². The van der Waals surface area contributed by atoms with Crippen molar-refractivity contribution in [1.82, 2.24) is 14.6 Å². The third-order valence-electron chi connectivity index (χ3n) is 3.79. The molecule has 0 radical (unpaired) electrons. The maximum Gasteiger partial charge on any atom is 0.157 e. The van der Waals surface area contributed by atoms with Crippen molar-refractivity contribution in [2.45, 2.75) is 12.5 Å². The monoisotopic (exact) mass is 314 g/mol. The van der Waals surface area contributed by atoms with Gasteiger partial charge in [0, 0.05) is 29.5 Å². The van der Waals surface area contributed by atoms with E-state index in [2.05, 4.69) is 15.4 Å². The molecule has 3 heterocycles. The lowest BCUT2D eigenvalue weighted by Gasteiger charge is -2.15. The average Bonchev–Trinajstić information content (AvgIpc) is 3.18. The van der Waals surface area contributed by atoms with E-state index in [1.807, 2.05) is 30.0 Å². The minimum Gasteiger partial charge on any atom is -0.366 e. The molecule has 6 heteroatoms. The van der Waals surface area contributed by atoms with E-state index in [1.165, 1.54) is 11.8 Å². The van der Waals surface area contributed by atoms with E-state index in [9.17, 15) is 4.39 Å². The minimum atomic E-state index is -0.263. The van der Waals surface area contributed by atoms with Crippen molar-refractivity contribution in [1.29, 1.82) is 0 Å². The average molecular weight is 314 g/mol. The van der Waals surface area contributed by atoms with Crippen LogP contribution in [0.1, 0.15) is 6.42 Å². The molecule has 22 heavy (non-hydrogen) atoms. The molecule has 1 saturated heterocycles. The van der Waals surface area contributed by atoms with E-state index >= 15 is 0 Å². The number of hydrogen-bond donors (Lipinski definition) is 1. The Morgan fingerprint density at radius 2 is 2.18 bits per heavy atom. The second-order valence-corrected chi connectivity index (χ2v) is 6.46. The summed E-state index contributed by atoms with van der Waals surface area (Å²) in [5.74, 6) is 2.85. The number of halogens is 1. The minimum absolute atomic E-state index is 0.263. The standard InChI is InChI=1S/C16H15FN4S/c17-13-4-2-1-3-12(13)14-9-16(19-11-6-8-22-10-11)21-15(20-14)5-7-18-21/h1-5,7,9,11,19H,6,8,10H2. The first-order chi connectivity index (χ1) is 10.8. The topological polar surface area (TPSA) is 42.2 Å². The highest BCUT2D eigenvalue weighted by atomic mass is 32.2. The zero-order chi connectivity index (χ0) is 14.9. The highest BCUT2D eigenvalue weighted by Gasteiger charge is 2.18. The molecule has 2 aromatic heterocycles. The maximum absolute atomic E-state index is 14.1. The molecule has 1 aromatic carbocycles. The summed E-state index contributed by atoms with van der Waals surface area (Å²) >= 11 is 1.94. The molecule has 1 N–H and O–H groups in total. The van der Waals surface area contributed by atoms with Crippen LogP contribution in [-0.4, -0.2) is 32.1 Å². The smallest absolute Gasteiger partial charge is 0.157 e. The summed E-state index contributed by atoms with van der Waals surface area (Å²) in [5, 5.41) is 7.83. The first kappa shape index (κ1) is 13.6. The van der Waals surface area contributed by atoms with Gasteiger partial charge in [0.05, 0.1) is 11.9 Å². The number of rotatable bonds is 3. The number of nitrogens with one attached hydrogen (secondary N) is 1. The Hall–Kier alpha value is -2.08. The second kappa shape index (κ2) is 5.61. The van der Waals surface area contributed by atoms with Crippen LogP contribution in [0.3, 0.4) is 0 Å². The van der Waals surface area contributed by atoms with Crippen LogP contribution >= 0.6 is 11.8 Å². The molecule has 0 spiro atoms. The molecule has 4 rings (SSSR count). The van der Waals surface area contributed by atoms with Gasteiger partial charge >= 0.3 is 0 Å². The van der Waals surface area contributed by atoms with Gasteiger partial charge in [0.15, 0.2) is 5.65 Å². The van der Waals surface area contributed by atoms with Crippen LogP contribution in [-0.2, 0) is 0 Å². The molecule has 1 unspecified atom stereocenters. The van der Waals surface area contributed by atoms with Crippen molar-refractivity contribution in [2.75, 3.05) is 16.8 Å². The number of anilines is 1. The van der Waals surface area contributed by atoms with Crippen molar-refractivity contribution in [2.24, 2.45) is 0 Å². The molecule has 0 saturated carbocycles. The Morgan fingerprint density at radius 1 is 1.27 bits per heavy atom. The largest absolute Gasteiger partial charge is 0.366 e. The van der Waals surface area contributed by atoms with E-state index in [0.717, 1.165) is 18.0 Å². The van der Waals surface area contributed by atoms with Crippen LogP contribution in [0.25, 0.3) is 16.9 Å². The maximum atomic E-state index is 14.1. The van der Waals surface area contributed by atoms with E-state index in [1.54, 1.807) is 22.8 Å². The van der Waals surface area contributed by atoms with Gasteiger partial charge in [-0.3, -0.25) is 0 Å². The van der Waals surface area contributed by atoms with Gasteiger partial charge < -0.3 is 5.32 Å². The van der Waals surface area contributed by atoms with Gasteiger partial charge in [-0.05, 0) is 24.3 Å². The van der Waals surface area contributed by atoms with Crippen molar-refractivity contribution in [3.8, 4) is 11.3 Å². The molecule has 112 valence electrons. The number of hydrogen-bond acceptors (Lipinski definition) is 4. The Labute approximate surface area is 131 Å². The number of fused-ring (bicyclic) bond motifs is 1. The molecule has 1 aliphatic rings. The van der Waals surface area contributed by atoms with Crippen LogP contribution < -0.4 is 5.32 Å². The quantitative estimate of drug-likeness (QED) is 0.804. The Kier molecular flexibility index (Phi) is 3.46. The fourth-order valence-electron chi connectivity index (χ4n) is 2.68. The van der Waals surface area contributed by atoms with E-state index in [-0.39, 0.29) is 5.82 Å². The van der Waals surface area contributed by atoms with Gasteiger partial charge in [-0.1, -0.05) is 12.1 Å². The third-order valence-corrected chi connectivity index (χ3v) is 4.95. The SMILES string of the molecule is Fc1ccccc1-c1cc(NC2CCSC2)n2nccc2n1. The Balaban J connectivity index is 1.81. The first-order valence-corrected chi connectivity index (χ1v) is 8.41. The molecule has 0 aliphatic carbocycles. The van der Waals surface area contributed by atoms with Crippen LogP contribution in [0.15, 0.2) is 42.6 Å². The molecule has 3 aromatic rings. The van der Waals surface area contributed by atoms with Gasteiger partial charge in [-0.15, -0.1) is 0 Å². The fourth-order valence-corrected chi connectivity index (χ4v) is 3.83. The van der Waals surface area contributed by atoms with Crippen molar-refractivity contribution in [3.63, 3.8) is 0 Å². The predicted molar refractivity (Wildman–Crippen MR) is 87.7 cm³/mol. The van der Waals surface area contributed by atoms with E-state index in [0.29, 0.717) is 22.9 Å². The summed E-state index contributed by atoms with van der Waals surface area (Å²) in [4.78, 5) is 4.52. The van der Waals surface area contributed by atoms with E-state index in [4.69, 9.17) is 0 Å². The van der Waals surface area contributed by atoms with Crippen LogP contribution in [0.5, 0.6) is 0 Å². The highest BCUT2D eigenvalue weighted by molar-refractivity contribution is 7.99. The lowest BCUT2D eigenvalue weighted by molar-refractivity contribution is 0.630. The van der Waals surface area contributed by atoms with Crippen molar-refractivity contribution in [3.05, 3.63) is 48.4 Å². The molecular weight excluding hydrogens is 299 g/mol. The van der Waals surface area contributed by atoms with Gasteiger partial charge in [0.2, 0.25) is 0 Å². The number of nitrogens with zero attached hydrogens (tertiary/aromatic N) is 3. The molecule has 1 aliphatic heterocycles. The summed E-state index contributed by atoms with van der Waals surface area (Å²) in [6.07, 6.45) is 2.84. The van der Waals surface area contributed by atoms with Crippen molar-refractivity contribution < 1.29 is 4.39 Å². The van der Waals surface area contributed by atoms with Crippen LogP contribution in [0.2, 0.25) is 0 Å². The van der Waals surface area contributed by atoms with Gasteiger partial charge in [0.1, 0.15) is 11.6 Å². The highest BCUT2D eigenvalue weighted by Crippen LogP contribution is 2.26. The molecule has 1 atom stereocenters. The normalized spacial score (nSPS) is 18.0. The van der Waals surface area contributed by atoms with Gasteiger partial charge in [-0.25, -0.2) is 9.37 Å². The summed E-state index contributed by atoms with van der Waals surface area (Å²) < 4.78 is 15.8. The van der Waals surface area contributed by atoms with Crippen LogP contribution in [0.4, 0.5) is 10.2 Å². The number of benzene rings is 1. The summed E-state index contributed by atoms with van der Waals surface area (Å²) in [6, 6.07) is 10.8. The fraction of sp³-hybridized carbons (Fsp3) is 0.250. The predicted octanol–water partition coefficient (Wildman–Crippen LogP) is 3.45. The first-order valence-electron chi connectivity index (χ1n) is 7.25. The molecular formula is C16H15FN4S. The van der Waals surface area contributed by atoms with Crippen LogP contribution in [0, 0.1) is 5.82 Å². The zero-order valence-corrected chi connectivity index (χ0v) is 12.7. The Morgan fingerprint density at radius 3 is 3.00 bits per heavy atom. The molecule has 1 fully saturated rings. The Bertz CT molecular complexity index is 811. The molecule has 0 amide bonds. The number of aromatic nitrogens is 3. The molecule has 0 bridgehead atoms. The summed E-state index contributed by atoms with van der Waals surface area (Å²) in [5.41, 5.74) is 1.85. The van der Waals surface area contributed by atoms with E-state index < -0.39 is 0 Å². The third kappa shape index (κ3) is 2.43. The lowest BCUT2D eigenvalue weighted by Crippen LogP contribution is -2.20. The second-order valence-electron chi connectivity index (χ2n) is 5.31. The van der Waals surface area contributed by atoms with Gasteiger partial charge in [0.25, 0.3) is 0 Å². The summed E-state index contributed by atoms with van der Waals surface area (Å²) in [6.45, 7) is 0. The van der Waals surface area contributed by atoms with Crippen molar-refractivity contribution >= 4 is 23.2 Å². The number of thioether (sulfide) groups is 1. The summed E-state index contributed by atoms with van der Waals surface area (Å²) in [7, 11) is 0.